The Balaban J connectivity index is 1.35. The summed E-state index contributed by atoms with van der Waals surface area (Å²) < 4.78 is 10.7. The maximum Gasteiger partial charge on any atom is 0.315 e. The summed E-state index contributed by atoms with van der Waals surface area (Å²) in [7, 11) is 0. The zero-order chi connectivity index (χ0) is 25.5. The summed E-state index contributed by atoms with van der Waals surface area (Å²) >= 11 is 3.18. The number of carbonyl (C=O) groups is 3. The second kappa shape index (κ2) is 11.4. The number of ether oxygens (including phenoxy) is 2. The number of hydrogen-bond acceptors (Lipinski definition) is 7. The molecule has 36 heavy (non-hydrogen) atoms. The largest absolute Gasteiger partial charge is 0.481 e. The van der Waals surface area contributed by atoms with E-state index < -0.39 is 17.5 Å². The molecule has 3 amide bonds. The number of thiophene rings is 2. The number of nitrogens with zero attached hydrogens (tertiary/aromatic N) is 1. The molecule has 1 atom stereocenters. The molecule has 2 aromatic heterocycles. The van der Waals surface area contributed by atoms with E-state index in [1.807, 2.05) is 35.0 Å². The van der Waals surface area contributed by atoms with Gasteiger partial charge in [-0.15, -0.1) is 22.7 Å². The summed E-state index contributed by atoms with van der Waals surface area (Å²) in [5.74, 6) is -0.0906. The van der Waals surface area contributed by atoms with Crippen LogP contribution in [0.2, 0.25) is 0 Å². The number of urea groups is 1. The van der Waals surface area contributed by atoms with E-state index in [-0.39, 0.29) is 32.1 Å². The van der Waals surface area contributed by atoms with Gasteiger partial charge in [0.15, 0.2) is 11.5 Å². The molecule has 11 heteroatoms. The van der Waals surface area contributed by atoms with Crippen LogP contribution in [0.5, 0.6) is 11.5 Å². The minimum absolute atomic E-state index is 0.0823. The van der Waals surface area contributed by atoms with Gasteiger partial charge in [-0.1, -0.05) is 18.2 Å². The van der Waals surface area contributed by atoms with E-state index in [1.165, 1.54) is 0 Å². The fourth-order valence-electron chi connectivity index (χ4n) is 3.91. The Hall–Kier alpha value is -3.57. The van der Waals surface area contributed by atoms with Gasteiger partial charge in [-0.3, -0.25) is 9.59 Å². The molecule has 0 radical (unpaired) electrons. The standard InChI is InChI=1S/C25H27N3O6S2/c1-25(13-23(30)31,17-6-7-20-21(12-17)34-16-33-20)27-24(32)26-9-8-22(29)28(14-18-4-2-10-35-18)15-19-5-3-11-36-19/h2-7,10-12H,8-9,13-16H2,1H3,(H,30,31)(H2,26,27,32)/t25-/m0/s1. The zero-order valence-corrected chi connectivity index (χ0v) is 21.3. The molecular formula is C25H27N3O6S2. The Morgan fingerprint density at radius 3 is 2.31 bits per heavy atom. The minimum Gasteiger partial charge on any atom is -0.481 e. The number of benzene rings is 1. The van der Waals surface area contributed by atoms with Crippen LogP contribution >= 0.6 is 22.7 Å². The molecule has 0 saturated heterocycles. The van der Waals surface area contributed by atoms with Crippen molar-refractivity contribution >= 4 is 40.6 Å². The maximum absolute atomic E-state index is 13.0. The number of carboxylic acids is 1. The highest BCUT2D eigenvalue weighted by molar-refractivity contribution is 7.10. The Morgan fingerprint density at radius 2 is 1.69 bits per heavy atom. The van der Waals surface area contributed by atoms with Crippen LogP contribution in [0.1, 0.15) is 35.1 Å². The van der Waals surface area contributed by atoms with Crippen molar-refractivity contribution in [2.24, 2.45) is 0 Å². The first-order chi connectivity index (χ1) is 17.3. The first-order valence-corrected chi connectivity index (χ1v) is 13.1. The van der Waals surface area contributed by atoms with Crippen molar-refractivity contribution in [3.05, 3.63) is 68.5 Å². The van der Waals surface area contributed by atoms with Crippen molar-refractivity contribution in [3.8, 4) is 11.5 Å². The predicted octanol–water partition coefficient (Wildman–Crippen LogP) is 4.15. The number of carboxylic acid groups (broad SMARTS) is 1. The lowest BCUT2D eigenvalue weighted by molar-refractivity contribution is -0.138. The van der Waals surface area contributed by atoms with Crippen LogP contribution in [0, 0.1) is 0 Å². The summed E-state index contributed by atoms with van der Waals surface area (Å²) in [5, 5.41) is 18.9. The van der Waals surface area contributed by atoms with E-state index in [1.54, 1.807) is 52.7 Å². The van der Waals surface area contributed by atoms with Crippen LogP contribution < -0.4 is 20.1 Å². The Morgan fingerprint density at radius 1 is 1.03 bits per heavy atom. The van der Waals surface area contributed by atoms with Crippen LogP contribution in [0.4, 0.5) is 4.79 Å². The number of fused-ring (bicyclic) bond motifs is 1. The molecule has 0 unspecified atom stereocenters. The first kappa shape index (κ1) is 25.5. The number of amides is 3. The van der Waals surface area contributed by atoms with Crippen molar-refractivity contribution in [2.45, 2.75) is 38.4 Å². The zero-order valence-electron chi connectivity index (χ0n) is 19.7. The average Bonchev–Trinajstić information content (AvgIpc) is 3.60. The van der Waals surface area contributed by atoms with Gasteiger partial charge in [-0.2, -0.15) is 0 Å². The van der Waals surface area contributed by atoms with Gasteiger partial charge in [0.25, 0.3) is 0 Å². The number of hydrogen-bond donors (Lipinski definition) is 3. The summed E-state index contributed by atoms with van der Waals surface area (Å²) in [5.41, 5.74) is -0.635. The van der Waals surface area contributed by atoms with Gasteiger partial charge in [0.1, 0.15) is 0 Å². The molecule has 0 saturated carbocycles. The van der Waals surface area contributed by atoms with Crippen molar-refractivity contribution < 1.29 is 29.0 Å². The van der Waals surface area contributed by atoms with Crippen LogP contribution in [-0.2, 0) is 28.2 Å². The first-order valence-electron chi connectivity index (χ1n) is 11.3. The van der Waals surface area contributed by atoms with E-state index in [4.69, 9.17) is 9.47 Å². The third-order valence-electron chi connectivity index (χ3n) is 5.73. The van der Waals surface area contributed by atoms with Gasteiger partial charge in [0.2, 0.25) is 12.7 Å². The molecule has 190 valence electrons. The lowest BCUT2D eigenvalue weighted by Crippen LogP contribution is -2.49. The molecule has 4 rings (SSSR count). The second-order valence-corrected chi connectivity index (χ2v) is 10.6. The van der Waals surface area contributed by atoms with E-state index >= 15 is 0 Å². The molecule has 1 aromatic carbocycles. The van der Waals surface area contributed by atoms with E-state index in [0.29, 0.717) is 30.2 Å². The molecule has 0 fully saturated rings. The summed E-state index contributed by atoms with van der Waals surface area (Å²) in [6.07, 6.45) is -0.224. The lowest BCUT2D eigenvalue weighted by Gasteiger charge is -2.30. The minimum atomic E-state index is -1.20. The Kier molecular flexibility index (Phi) is 8.11. The van der Waals surface area contributed by atoms with E-state index in [2.05, 4.69) is 10.6 Å². The molecule has 9 nitrogen and oxygen atoms in total. The lowest BCUT2D eigenvalue weighted by atomic mass is 9.88. The molecule has 0 bridgehead atoms. The monoisotopic (exact) mass is 529 g/mol. The average molecular weight is 530 g/mol. The summed E-state index contributed by atoms with van der Waals surface area (Å²) in [4.78, 5) is 41.2. The molecule has 3 heterocycles. The number of aliphatic carboxylic acids is 1. The molecule has 0 spiro atoms. The SMILES string of the molecule is C[C@@](CC(=O)O)(NC(=O)NCCC(=O)N(Cc1cccs1)Cc1cccs1)c1ccc2c(c1)OCO2. The number of nitrogens with one attached hydrogen (secondary N) is 2. The van der Waals surface area contributed by atoms with Crippen LogP contribution in [0.25, 0.3) is 0 Å². The van der Waals surface area contributed by atoms with Crippen molar-refractivity contribution in [1.82, 2.24) is 15.5 Å². The third kappa shape index (κ3) is 6.55. The van der Waals surface area contributed by atoms with Crippen LogP contribution in [0.15, 0.2) is 53.2 Å². The molecular weight excluding hydrogens is 502 g/mol. The van der Waals surface area contributed by atoms with Gasteiger partial charge in [-0.05, 0) is 47.5 Å². The molecule has 1 aliphatic rings. The van der Waals surface area contributed by atoms with Gasteiger partial charge >= 0.3 is 12.0 Å². The van der Waals surface area contributed by atoms with Gasteiger partial charge in [0, 0.05) is 22.7 Å². The van der Waals surface area contributed by atoms with Crippen molar-refractivity contribution in [2.75, 3.05) is 13.3 Å². The van der Waals surface area contributed by atoms with Crippen LogP contribution in [-0.4, -0.2) is 41.3 Å². The Bertz CT molecular complexity index is 1160. The second-order valence-electron chi connectivity index (χ2n) is 8.51. The maximum atomic E-state index is 13.0. The fourth-order valence-corrected chi connectivity index (χ4v) is 5.35. The summed E-state index contributed by atoms with van der Waals surface area (Å²) in [6.45, 7) is 2.84. The molecule has 3 N–H and O–H groups in total. The normalized spacial score (nSPS) is 13.6. The van der Waals surface area contributed by atoms with Crippen LogP contribution in [0.3, 0.4) is 0 Å². The molecule has 0 aliphatic carbocycles. The number of carbonyl (C=O) groups excluding carboxylic acids is 2. The predicted molar refractivity (Wildman–Crippen MR) is 136 cm³/mol. The Labute approximate surface area is 216 Å². The topological polar surface area (TPSA) is 117 Å². The molecule has 3 aromatic rings. The molecule has 1 aliphatic heterocycles. The van der Waals surface area contributed by atoms with Gasteiger partial charge < -0.3 is 30.1 Å². The van der Waals surface area contributed by atoms with Crippen molar-refractivity contribution in [1.29, 1.82) is 0 Å². The highest BCUT2D eigenvalue weighted by Crippen LogP contribution is 2.36. The van der Waals surface area contributed by atoms with Gasteiger partial charge in [-0.25, -0.2) is 4.79 Å². The number of rotatable bonds is 11. The quantitative estimate of drug-likeness (QED) is 0.344. The van der Waals surface area contributed by atoms with E-state index in [0.717, 1.165) is 9.75 Å². The van der Waals surface area contributed by atoms with Gasteiger partial charge in [0.05, 0.1) is 25.0 Å². The van der Waals surface area contributed by atoms with Crippen molar-refractivity contribution in [3.63, 3.8) is 0 Å². The smallest absolute Gasteiger partial charge is 0.315 e. The van der Waals surface area contributed by atoms with E-state index in [9.17, 15) is 19.5 Å². The summed E-state index contributed by atoms with van der Waals surface area (Å²) in [6, 6.07) is 12.4. The fraction of sp³-hybridized carbons (Fsp3) is 0.320. The highest BCUT2D eigenvalue weighted by atomic mass is 32.1. The third-order valence-corrected chi connectivity index (χ3v) is 7.46. The highest BCUT2D eigenvalue weighted by Gasteiger charge is 2.33.